The topological polar surface area (TPSA) is 24.9 Å². The van der Waals surface area contributed by atoms with Crippen molar-refractivity contribution in [3.05, 3.63) is 30.1 Å². The minimum atomic E-state index is 0.592. The molecule has 0 spiro atoms. The Morgan fingerprint density at radius 2 is 2.06 bits per heavy atom. The predicted molar refractivity (Wildman–Crippen MR) is 72.1 cm³/mol. The summed E-state index contributed by atoms with van der Waals surface area (Å²) in [7, 11) is 0. The van der Waals surface area contributed by atoms with Crippen LogP contribution in [0.15, 0.2) is 24.5 Å². The lowest BCUT2D eigenvalue weighted by atomic mass is 9.74. The third-order valence-corrected chi connectivity index (χ3v) is 4.06. The van der Waals surface area contributed by atoms with Gasteiger partial charge in [0.1, 0.15) is 0 Å². The Kier molecular flexibility index (Phi) is 4.55. The molecule has 1 aromatic heterocycles. The molecule has 94 valence electrons. The summed E-state index contributed by atoms with van der Waals surface area (Å²) in [6.07, 6.45) is 9.24. The fourth-order valence-corrected chi connectivity index (χ4v) is 2.74. The quantitative estimate of drug-likeness (QED) is 0.813. The summed E-state index contributed by atoms with van der Waals surface area (Å²) in [4.78, 5) is 4.11. The third kappa shape index (κ3) is 3.06. The minimum Gasteiger partial charge on any atom is -0.313 e. The molecule has 0 bridgehead atoms. The van der Waals surface area contributed by atoms with Crippen LogP contribution in [0.25, 0.3) is 0 Å². The highest BCUT2D eigenvalue weighted by molar-refractivity contribution is 5.18. The SMILES string of the molecule is CCCNC(C1CCC1)C(C)c1ccncc1. The first-order valence-corrected chi connectivity index (χ1v) is 6.96. The van der Waals surface area contributed by atoms with Crippen LogP contribution >= 0.6 is 0 Å². The molecule has 0 aliphatic heterocycles. The number of aromatic nitrogens is 1. The van der Waals surface area contributed by atoms with Crippen LogP contribution in [0.2, 0.25) is 0 Å². The van der Waals surface area contributed by atoms with Crippen LogP contribution in [0.4, 0.5) is 0 Å². The van der Waals surface area contributed by atoms with Gasteiger partial charge < -0.3 is 5.32 Å². The third-order valence-electron chi connectivity index (χ3n) is 4.06. The van der Waals surface area contributed by atoms with E-state index in [9.17, 15) is 0 Å². The zero-order valence-electron chi connectivity index (χ0n) is 11.0. The van der Waals surface area contributed by atoms with E-state index in [1.165, 1.54) is 31.2 Å². The van der Waals surface area contributed by atoms with E-state index in [2.05, 4.69) is 36.3 Å². The molecule has 1 aliphatic rings. The molecule has 2 unspecified atom stereocenters. The largest absolute Gasteiger partial charge is 0.313 e. The summed E-state index contributed by atoms with van der Waals surface area (Å²) in [6.45, 7) is 5.72. The van der Waals surface area contributed by atoms with Crippen LogP contribution in [-0.2, 0) is 0 Å². The van der Waals surface area contributed by atoms with Gasteiger partial charge in [-0.05, 0) is 55.3 Å². The summed E-state index contributed by atoms with van der Waals surface area (Å²) in [6, 6.07) is 4.96. The van der Waals surface area contributed by atoms with E-state index in [0.717, 1.165) is 12.5 Å². The van der Waals surface area contributed by atoms with Gasteiger partial charge in [0.05, 0.1) is 0 Å². The van der Waals surface area contributed by atoms with Crippen molar-refractivity contribution in [2.45, 2.75) is 51.5 Å². The highest BCUT2D eigenvalue weighted by atomic mass is 14.9. The zero-order valence-corrected chi connectivity index (χ0v) is 11.0. The molecule has 0 amide bonds. The number of nitrogens with one attached hydrogen (secondary N) is 1. The maximum Gasteiger partial charge on any atom is 0.0270 e. The summed E-state index contributed by atoms with van der Waals surface area (Å²) in [5.74, 6) is 1.47. The lowest BCUT2D eigenvalue weighted by molar-refractivity contribution is 0.208. The zero-order chi connectivity index (χ0) is 12.1. The van der Waals surface area contributed by atoms with Crippen LogP contribution in [0.1, 0.15) is 51.0 Å². The number of rotatable bonds is 6. The van der Waals surface area contributed by atoms with E-state index in [1.807, 2.05) is 12.4 Å². The normalized spacial score (nSPS) is 19.6. The molecule has 2 nitrogen and oxygen atoms in total. The molecule has 2 atom stereocenters. The van der Waals surface area contributed by atoms with Crippen molar-refractivity contribution in [3.8, 4) is 0 Å². The van der Waals surface area contributed by atoms with Gasteiger partial charge in [-0.15, -0.1) is 0 Å². The molecule has 0 radical (unpaired) electrons. The van der Waals surface area contributed by atoms with E-state index in [0.29, 0.717) is 12.0 Å². The Labute approximate surface area is 105 Å². The Bertz CT molecular complexity index is 319. The van der Waals surface area contributed by atoms with Crippen LogP contribution in [0.5, 0.6) is 0 Å². The predicted octanol–water partition coefficient (Wildman–Crippen LogP) is 3.35. The van der Waals surface area contributed by atoms with Gasteiger partial charge in [0.2, 0.25) is 0 Å². The van der Waals surface area contributed by atoms with Gasteiger partial charge in [0, 0.05) is 18.4 Å². The highest BCUT2D eigenvalue weighted by Crippen LogP contribution is 2.35. The van der Waals surface area contributed by atoms with Gasteiger partial charge in [0.15, 0.2) is 0 Å². The van der Waals surface area contributed by atoms with Crippen molar-refractivity contribution in [1.29, 1.82) is 0 Å². The van der Waals surface area contributed by atoms with Gasteiger partial charge >= 0.3 is 0 Å². The molecule has 0 saturated heterocycles. The lowest BCUT2D eigenvalue weighted by Crippen LogP contribution is -2.43. The minimum absolute atomic E-state index is 0.592. The fourth-order valence-electron chi connectivity index (χ4n) is 2.74. The Hall–Kier alpha value is -0.890. The molecule has 1 fully saturated rings. The monoisotopic (exact) mass is 232 g/mol. The number of pyridine rings is 1. The van der Waals surface area contributed by atoms with Crippen LogP contribution in [0.3, 0.4) is 0 Å². The second-order valence-electron chi connectivity index (χ2n) is 5.24. The Morgan fingerprint density at radius 3 is 2.59 bits per heavy atom. The molecule has 1 aromatic rings. The first-order chi connectivity index (χ1) is 8.33. The Morgan fingerprint density at radius 1 is 1.35 bits per heavy atom. The average Bonchev–Trinajstić information content (AvgIpc) is 2.32. The van der Waals surface area contributed by atoms with E-state index < -0.39 is 0 Å². The van der Waals surface area contributed by atoms with E-state index in [-0.39, 0.29) is 0 Å². The van der Waals surface area contributed by atoms with Crippen molar-refractivity contribution < 1.29 is 0 Å². The van der Waals surface area contributed by atoms with Crippen molar-refractivity contribution >= 4 is 0 Å². The fraction of sp³-hybridized carbons (Fsp3) is 0.667. The second-order valence-corrected chi connectivity index (χ2v) is 5.24. The summed E-state index contributed by atoms with van der Waals surface area (Å²) in [5, 5.41) is 3.75. The van der Waals surface area contributed by atoms with Crippen LogP contribution in [-0.4, -0.2) is 17.6 Å². The summed E-state index contributed by atoms with van der Waals surface area (Å²) in [5.41, 5.74) is 1.42. The lowest BCUT2D eigenvalue weighted by Gasteiger charge is -2.38. The summed E-state index contributed by atoms with van der Waals surface area (Å²) < 4.78 is 0. The standard InChI is InChI=1S/C15H24N2/c1-3-9-17-15(14-5-4-6-14)12(2)13-7-10-16-11-8-13/h7-8,10-12,14-15,17H,3-6,9H2,1-2H3. The van der Waals surface area contributed by atoms with Crippen molar-refractivity contribution in [3.63, 3.8) is 0 Å². The molecule has 17 heavy (non-hydrogen) atoms. The average molecular weight is 232 g/mol. The van der Waals surface area contributed by atoms with Gasteiger partial charge in [-0.3, -0.25) is 4.98 Å². The van der Waals surface area contributed by atoms with Crippen molar-refractivity contribution in [2.24, 2.45) is 5.92 Å². The number of hydrogen-bond donors (Lipinski definition) is 1. The van der Waals surface area contributed by atoms with Gasteiger partial charge in [0.25, 0.3) is 0 Å². The van der Waals surface area contributed by atoms with Crippen molar-refractivity contribution in [1.82, 2.24) is 10.3 Å². The smallest absolute Gasteiger partial charge is 0.0270 e. The van der Waals surface area contributed by atoms with Crippen LogP contribution < -0.4 is 5.32 Å². The van der Waals surface area contributed by atoms with Gasteiger partial charge in [-0.25, -0.2) is 0 Å². The maximum atomic E-state index is 4.11. The molecule has 0 aromatic carbocycles. The molecular weight excluding hydrogens is 208 g/mol. The number of hydrogen-bond acceptors (Lipinski definition) is 2. The molecule has 1 N–H and O–H groups in total. The van der Waals surface area contributed by atoms with E-state index >= 15 is 0 Å². The molecule has 1 saturated carbocycles. The van der Waals surface area contributed by atoms with Crippen molar-refractivity contribution in [2.75, 3.05) is 6.54 Å². The molecule has 2 heteroatoms. The molecular formula is C15H24N2. The van der Waals surface area contributed by atoms with E-state index in [4.69, 9.17) is 0 Å². The van der Waals surface area contributed by atoms with Gasteiger partial charge in [-0.1, -0.05) is 20.3 Å². The molecule has 2 rings (SSSR count). The number of nitrogens with zero attached hydrogens (tertiary/aromatic N) is 1. The van der Waals surface area contributed by atoms with Crippen LogP contribution in [0, 0.1) is 5.92 Å². The first-order valence-electron chi connectivity index (χ1n) is 6.96. The second kappa shape index (κ2) is 6.15. The van der Waals surface area contributed by atoms with E-state index in [1.54, 1.807) is 0 Å². The summed E-state index contributed by atoms with van der Waals surface area (Å²) >= 11 is 0. The molecule has 1 heterocycles. The Balaban J connectivity index is 2.03. The van der Waals surface area contributed by atoms with Gasteiger partial charge in [-0.2, -0.15) is 0 Å². The first kappa shape index (κ1) is 12.6. The molecule has 1 aliphatic carbocycles. The maximum absolute atomic E-state index is 4.11. The highest BCUT2D eigenvalue weighted by Gasteiger charge is 2.31.